The van der Waals surface area contributed by atoms with E-state index in [1.165, 1.54) is 11.1 Å². The summed E-state index contributed by atoms with van der Waals surface area (Å²) in [7, 11) is 0. The average Bonchev–Trinajstić information content (AvgIpc) is 2.98. The van der Waals surface area contributed by atoms with Crippen molar-refractivity contribution in [1.82, 2.24) is 24.6 Å². The summed E-state index contributed by atoms with van der Waals surface area (Å²) < 4.78 is 2.36. The predicted octanol–water partition coefficient (Wildman–Crippen LogP) is 2.55. The van der Waals surface area contributed by atoms with Gasteiger partial charge in [0, 0.05) is 39.1 Å². The van der Waals surface area contributed by atoms with E-state index in [0.717, 1.165) is 51.4 Å². The van der Waals surface area contributed by atoms with Gasteiger partial charge in [-0.15, -0.1) is 0 Å². The maximum atomic E-state index is 12.7. The number of aryl methyl sites for hydroxylation is 2. The minimum atomic E-state index is 0.121. The first kappa shape index (κ1) is 18.8. The van der Waals surface area contributed by atoms with Gasteiger partial charge in [-0.3, -0.25) is 19.4 Å². The maximum Gasteiger partial charge on any atom is 0.242 e. The molecule has 1 N–H and O–H groups in total. The first-order valence-electron chi connectivity index (χ1n) is 9.27. The fraction of sp³-hybridized carbons (Fsp3) is 0.526. The lowest BCUT2D eigenvalue weighted by atomic mass is 10.1. The Hall–Kier alpha value is -1.99. The summed E-state index contributed by atoms with van der Waals surface area (Å²) in [6.45, 7) is 8.80. The molecule has 0 spiro atoms. The lowest BCUT2D eigenvalue weighted by Gasteiger charge is -2.35. The van der Waals surface area contributed by atoms with Crippen LogP contribution in [0.2, 0.25) is 0 Å². The van der Waals surface area contributed by atoms with Crippen LogP contribution in [0.5, 0.6) is 0 Å². The van der Waals surface area contributed by atoms with E-state index in [0.29, 0.717) is 4.77 Å². The van der Waals surface area contributed by atoms with Gasteiger partial charge in [0.1, 0.15) is 12.4 Å². The van der Waals surface area contributed by atoms with Crippen LogP contribution < -0.4 is 0 Å². The Morgan fingerprint density at radius 1 is 1.23 bits per heavy atom. The highest BCUT2D eigenvalue weighted by atomic mass is 32.1. The van der Waals surface area contributed by atoms with Crippen molar-refractivity contribution in [3.05, 3.63) is 46.0 Å². The molecule has 26 heavy (non-hydrogen) atoms. The van der Waals surface area contributed by atoms with Gasteiger partial charge in [0.05, 0.1) is 0 Å². The quantitative estimate of drug-likeness (QED) is 0.791. The third kappa shape index (κ3) is 4.40. The smallest absolute Gasteiger partial charge is 0.242 e. The van der Waals surface area contributed by atoms with E-state index in [1.54, 1.807) is 0 Å². The summed E-state index contributed by atoms with van der Waals surface area (Å²) in [4.78, 5) is 17.0. The highest BCUT2D eigenvalue weighted by Crippen LogP contribution is 2.13. The zero-order valence-electron chi connectivity index (χ0n) is 15.6. The van der Waals surface area contributed by atoms with Crippen LogP contribution in [0.15, 0.2) is 24.3 Å². The second-order valence-electron chi connectivity index (χ2n) is 6.86. The van der Waals surface area contributed by atoms with Crippen molar-refractivity contribution in [3.8, 4) is 0 Å². The number of benzene rings is 1. The summed E-state index contributed by atoms with van der Waals surface area (Å²) in [5.74, 6) is 0.986. The highest BCUT2D eigenvalue weighted by molar-refractivity contribution is 7.71. The van der Waals surface area contributed by atoms with Gasteiger partial charge in [0.25, 0.3) is 0 Å². The Balaban J connectivity index is 1.55. The van der Waals surface area contributed by atoms with Gasteiger partial charge in [-0.1, -0.05) is 31.2 Å². The molecule has 1 aliphatic heterocycles. The fourth-order valence-corrected chi connectivity index (χ4v) is 3.56. The van der Waals surface area contributed by atoms with Gasteiger partial charge in [-0.05, 0) is 36.7 Å². The predicted molar refractivity (Wildman–Crippen MR) is 104 cm³/mol. The number of hydrogen-bond donors (Lipinski definition) is 1. The molecule has 2 heterocycles. The number of carbonyl (C=O) groups is 1. The van der Waals surface area contributed by atoms with Crippen LogP contribution in [-0.4, -0.2) is 56.7 Å². The molecular formula is C19H27N5OS. The van der Waals surface area contributed by atoms with Crippen molar-refractivity contribution in [1.29, 1.82) is 0 Å². The maximum absolute atomic E-state index is 12.7. The number of H-pyrrole nitrogens is 1. The van der Waals surface area contributed by atoms with Crippen LogP contribution in [0.4, 0.5) is 0 Å². The SMILES string of the molecule is CCCc1n[nH]c(=S)n1CC(=O)N1CCN(Cc2ccccc2C)CC1. The molecule has 140 valence electrons. The summed E-state index contributed by atoms with van der Waals surface area (Å²) in [5.41, 5.74) is 2.69. The van der Waals surface area contributed by atoms with Crippen molar-refractivity contribution in [3.63, 3.8) is 0 Å². The van der Waals surface area contributed by atoms with Crippen molar-refractivity contribution in [2.24, 2.45) is 0 Å². The van der Waals surface area contributed by atoms with Crippen LogP contribution >= 0.6 is 12.2 Å². The highest BCUT2D eigenvalue weighted by Gasteiger charge is 2.22. The van der Waals surface area contributed by atoms with E-state index in [9.17, 15) is 4.79 Å². The number of hydrogen-bond acceptors (Lipinski definition) is 4. The molecule has 2 aromatic rings. The van der Waals surface area contributed by atoms with E-state index in [1.807, 2.05) is 9.47 Å². The van der Waals surface area contributed by atoms with Crippen molar-refractivity contribution < 1.29 is 4.79 Å². The zero-order valence-corrected chi connectivity index (χ0v) is 16.4. The number of carbonyl (C=O) groups excluding carboxylic acids is 1. The average molecular weight is 374 g/mol. The van der Waals surface area contributed by atoms with E-state index < -0.39 is 0 Å². The lowest BCUT2D eigenvalue weighted by molar-refractivity contribution is -0.133. The summed E-state index contributed by atoms with van der Waals surface area (Å²) in [5, 5.41) is 7.04. The molecule has 1 aromatic carbocycles. The third-order valence-corrected chi connectivity index (χ3v) is 5.30. The first-order valence-corrected chi connectivity index (χ1v) is 9.68. The second kappa shape index (κ2) is 8.60. The van der Waals surface area contributed by atoms with Gasteiger partial charge in [0.2, 0.25) is 5.91 Å². The zero-order chi connectivity index (χ0) is 18.5. The van der Waals surface area contributed by atoms with Crippen LogP contribution in [0.3, 0.4) is 0 Å². The van der Waals surface area contributed by atoms with Gasteiger partial charge in [0.15, 0.2) is 4.77 Å². The van der Waals surface area contributed by atoms with Crippen LogP contribution in [0, 0.1) is 11.7 Å². The van der Waals surface area contributed by atoms with Crippen molar-refractivity contribution in [2.75, 3.05) is 26.2 Å². The first-order chi connectivity index (χ1) is 12.6. The number of aromatic amines is 1. The molecule has 0 bridgehead atoms. The van der Waals surface area contributed by atoms with E-state index >= 15 is 0 Å². The molecule has 1 aliphatic rings. The van der Waals surface area contributed by atoms with Crippen LogP contribution in [0.1, 0.15) is 30.3 Å². The fourth-order valence-electron chi connectivity index (χ4n) is 3.35. The summed E-state index contributed by atoms with van der Waals surface area (Å²) in [6.07, 6.45) is 1.80. The molecule has 3 rings (SSSR count). The molecular weight excluding hydrogens is 346 g/mol. The normalized spacial score (nSPS) is 15.4. The summed E-state index contributed by atoms with van der Waals surface area (Å²) in [6, 6.07) is 8.49. The molecule has 0 radical (unpaired) electrons. The monoisotopic (exact) mass is 373 g/mol. The minimum absolute atomic E-state index is 0.121. The standard InChI is InChI=1S/C19H27N5OS/c1-3-6-17-20-21-19(26)24(17)14-18(25)23-11-9-22(10-12-23)13-16-8-5-4-7-15(16)2/h4-5,7-8H,3,6,9-14H2,1-2H3,(H,21,26). The van der Waals surface area contributed by atoms with Crippen molar-refractivity contribution in [2.45, 2.75) is 39.8 Å². The Morgan fingerprint density at radius 2 is 1.96 bits per heavy atom. The number of rotatable bonds is 6. The largest absolute Gasteiger partial charge is 0.339 e. The molecule has 0 unspecified atom stereocenters. The van der Waals surface area contributed by atoms with E-state index in [-0.39, 0.29) is 12.5 Å². The number of nitrogens with zero attached hydrogens (tertiary/aromatic N) is 4. The molecule has 0 atom stereocenters. The molecule has 1 fully saturated rings. The van der Waals surface area contributed by atoms with E-state index in [2.05, 4.69) is 53.2 Å². The van der Waals surface area contributed by atoms with Gasteiger partial charge in [-0.25, -0.2) is 0 Å². The topological polar surface area (TPSA) is 57.2 Å². The Kier molecular flexibility index (Phi) is 6.21. The number of piperazine rings is 1. The molecule has 0 saturated carbocycles. The second-order valence-corrected chi connectivity index (χ2v) is 7.25. The number of amides is 1. The molecule has 6 nitrogen and oxygen atoms in total. The lowest BCUT2D eigenvalue weighted by Crippen LogP contribution is -2.49. The summed E-state index contributed by atoms with van der Waals surface area (Å²) >= 11 is 5.28. The van der Waals surface area contributed by atoms with Crippen molar-refractivity contribution >= 4 is 18.1 Å². The number of nitrogens with one attached hydrogen (secondary N) is 1. The van der Waals surface area contributed by atoms with Gasteiger partial charge < -0.3 is 4.90 Å². The molecule has 1 amide bonds. The van der Waals surface area contributed by atoms with E-state index in [4.69, 9.17) is 12.2 Å². The number of aromatic nitrogens is 3. The Labute approximate surface area is 159 Å². The molecule has 0 aliphatic carbocycles. The van der Waals surface area contributed by atoms with Crippen LogP contribution in [-0.2, 0) is 24.3 Å². The molecule has 1 aromatic heterocycles. The molecule has 1 saturated heterocycles. The van der Waals surface area contributed by atoms with Crippen LogP contribution in [0.25, 0.3) is 0 Å². The van der Waals surface area contributed by atoms with Gasteiger partial charge in [-0.2, -0.15) is 5.10 Å². The Morgan fingerprint density at radius 3 is 2.65 bits per heavy atom. The Bertz CT molecular complexity index is 804. The molecule has 7 heteroatoms. The minimum Gasteiger partial charge on any atom is -0.339 e. The third-order valence-electron chi connectivity index (χ3n) is 4.98. The van der Waals surface area contributed by atoms with Gasteiger partial charge >= 0.3 is 0 Å².